The van der Waals surface area contributed by atoms with Crippen LogP contribution in [0, 0.1) is 31.3 Å². The molecular weight excluding hydrogens is 489 g/mol. The van der Waals surface area contributed by atoms with Gasteiger partial charge in [0.05, 0.1) is 16.4 Å². The van der Waals surface area contributed by atoms with Gasteiger partial charge in [0.1, 0.15) is 17.0 Å². The van der Waals surface area contributed by atoms with E-state index in [2.05, 4.69) is 29.9 Å². The number of thiazole rings is 1. The molecule has 3 heterocycles. The van der Waals surface area contributed by atoms with Gasteiger partial charge in [-0.25, -0.2) is 31.6 Å². The van der Waals surface area contributed by atoms with Crippen LogP contribution in [0.25, 0.3) is 33.5 Å². The number of anilines is 1. The molecular formula is C21H15F3N6O2S2. The number of nitrogens with one attached hydrogen (secondary N) is 3. The molecule has 0 aliphatic rings. The molecule has 0 unspecified atom stereocenters. The molecule has 5 aromatic rings. The standard InChI is InChI=1S/C21H15F3N6O2S2/c1-9-21(33-10(2)27-9)34(31,32)30-15-8-11(22)7-14(16(15)23)12-3-4-13-18(17(12)24)28-29-19(13)20-25-5-6-26-20/h3-8,30H,1-2H3,(H,25,26)(H,28,29). The van der Waals surface area contributed by atoms with Gasteiger partial charge in [0, 0.05) is 35.0 Å². The van der Waals surface area contributed by atoms with Crippen molar-refractivity contribution in [1.82, 2.24) is 25.1 Å². The average molecular weight is 505 g/mol. The fourth-order valence-electron chi connectivity index (χ4n) is 3.65. The van der Waals surface area contributed by atoms with Crippen molar-refractivity contribution in [1.29, 1.82) is 0 Å². The number of hydrogen-bond donors (Lipinski definition) is 3. The monoisotopic (exact) mass is 504 g/mol. The number of aromatic amines is 2. The minimum Gasteiger partial charge on any atom is -0.343 e. The number of fused-ring (bicyclic) bond motifs is 1. The molecule has 0 radical (unpaired) electrons. The van der Waals surface area contributed by atoms with E-state index in [0.29, 0.717) is 28.0 Å². The van der Waals surface area contributed by atoms with Crippen molar-refractivity contribution in [2.24, 2.45) is 0 Å². The van der Waals surface area contributed by atoms with E-state index in [1.807, 2.05) is 0 Å². The Kier molecular flexibility index (Phi) is 5.17. The van der Waals surface area contributed by atoms with Crippen LogP contribution in [0.1, 0.15) is 10.7 Å². The lowest BCUT2D eigenvalue weighted by atomic mass is 10.0. The van der Waals surface area contributed by atoms with Gasteiger partial charge in [-0.3, -0.25) is 9.82 Å². The topological polar surface area (TPSA) is 116 Å². The maximum atomic E-state index is 15.4. The van der Waals surface area contributed by atoms with Crippen LogP contribution in [0.5, 0.6) is 0 Å². The van der Waals surface area contributed by atoms with Crippen LogP contribution >= 0.6 is 11.3 Å². The molecule has 0 fully saturated rings. The second-order valence-corrected chi connectivity index (χ2v) is 10.5. The molecule has 5 rings (SSSR count). The van der Waals surface area contributed by atoms with Gasteiger partial charge in [-0.05, 0) is 26.0 Å². The normalized spacial score (nSPS) is 11.9. The van der Waals surface area contributed by atoms with Gasteiger partial charge < -0.3 is 4.98 Å². The largest absolute Gasteiger partial charge is 0.343 e. The van der Waals surface area contributed by atoms with Gasteiger partial charge in [-0.2, -0.15) is 5.10 Å². The van der Waals surface area contributed by atoms with E-state index in [1.54, 1.807) is 13.1 Å². The highest BCUT2D eigenvalue weighted by Gasteiger charge is 2.25. The third-order valence-corrected chi connectivity index (χ3v) is 8.12. The van der Waals surface area contributed by atoms with Gasteiger partial charge in [-0.15, -0.1) is 11.3 Å². The summed E-state index contributed by atoms with van der Waals surface area (Å²) in [5.41, 5.74) is -0.830. The summed E-state index contributed by atoms with van der Waals surface area (Å²) in [6, 6.07) is 4.25. The van der Waals surface area contributed by atoms with E-state index >= 15 is 8.78 Å². The lowest BCUT2D eigenvalue weighted by Crippen LogP contribution is -2.14. The average Bonchev–Trinajstić information content (AvgIpc) is 3.50. The summed E-state index contributed by atoms with van der Waals surface area (Å²) in [6.07, 6.45) is 3.10. The molecule has 0 bridgehead atoms. The number of imidazole rings is 1. The lowest BCUT2D eigenvalue weighted by Gasteiger charge is -2.12. The molecule has 0 saturated carbocycles. The van der Waals surface area contributed by atoms with Crippen molar-refractivity contribution < 1.29 is 21.6 Å². The molecule has 0 aliphatic carbocycles. The van der Waals surface area contributed by atoms with Crippen molar-refractivity contribution in [2.75, 3.05) is 4.72 Å². The smallest absolute Gasteiger partial charge is 0.273 e. The Balaban J connectivity index is 1.60. The van der Waals surface area contributed by atoms with E-state index in [9.17, 15) is 12.8 Å². The Hall–Kier alpha value is -3.71. The third kappa shape index (κ3) is 3.62. The SMILES string of the molecule is Cc1nc(C)c(S(=O)(=O)Nc2cc(F)cc(-c3ccc4c(-c5ncc[nH]5)n[nH]c4c3F)c2F)s1. The summed E-state index contributed by atoms with van der Waals surface area (Å²) >= 11 is 0.900. The van der Waals surface area contributed by atoms with Crippen LogP contribution in [0.2, 0.25) is 0 Å². The zero-order valence-corrected chi connectivity index (χ0v) is 19.2. The van der Waals surface area contributed by atoms with Gasteiger partial charge in [0.25, 0.3) is 10.0 Å². The van der Waals surface area contributed by atoms with Gasteiger partial charge in [0.2, 0.25) is 0 Å². The number of rotatable bonds is 5. The molecule has 0 saturated heterocycles. The molecule has 13 heteroatoms. The maximum absolute atomic E-state index is 15.4. The molecule has 2 aromatic carbocycles. The number of hydrogen-bond acceptors (Lipinski definition) is 6. The number of aromatic nitrogens is 5. The first-order valence-electron chi connectivity index (χ1n) is 9.78. The number of nitrogens with zero attached hydrogens (tertiary/aromatic N) is 3. The molecule has 0 atom stereocenters. The number of halogens is 3. The van der Waals surface area contributed by atoms with E-state index in [4.69, 9.17) is 0 Å². The van der Waals surface area contributed by atoms with Gasteiger partial charge >= 0.3 is 0 Å². The first-order valence-corrected chi connectivity index (χ1v) is 12.1. The number of sulfonamides is 1. The first kappa shape index (κ1) is 22.1. The zero-order valence-electron chi connectivity index (χ0n) is 17.6. The Morgan fingerprint density at radius 1 is 1.06 bits per heavy atom. The van der Waals surface area contributed by atoms with E-state index in [0.717, 1.165) is 17.4 Å². The number of benzene rings is 2. The Bertz CT molecular complexity index is 1660. The summed E-state index contributed by atoms with van der Waals surface area (Å²) in [5, 5.41) is 7.50. The van der Waals surface area contributed by atoms with Crippen LogP contribution in [-0.2, 0) is 10.0 Å². The summed E-state index contributed by atoms with van der Waals surface area (Å²) in [5.74, 6) is -2.56. The summed E-state index contributed by atoms with van der Waals surface area (Å²) < 4.78 is 72.7. The predicted octanol–water partition coefficient (Wildman–Crippen LogP) is 4.91. The second kappa shape index (κ2) is 7.95. The highest BCUT2D eigenvalue weighted by molar-refractivity contribution is 7.94. The molecule has 8 nitrogen and oxygen atoms in total. The van der Waals surface area contributed by atoms with Crippen molar-refractivity contribution >= 4 is 38.0 Å². The summed E-state index contributed by atoms with van der Waals surface area (Å²) in [6.45, 7) is 3.13. The number of H-pyrrole nitrogens is 2. The highest BCUT2D eigenvalue weighted by Crippen LogP contribution is 2.36. The Labute approximate surface area is 195 Å². The summed E-state index contributed by atoms with van der Waals surface area (Å²) in [4.78, 5) is 11.0. The van der Waals surface area contributed by atoms with Crippen molar-refractivity contribution in [3.05, 3.63) is 64.8 Å². The molecule has 3 aromatic heterocycles. The molecule has 34 heavy (non-hydrogen) atoms. The zero-order chi connectivity index (χ0) is 24.2. The van der Waals surface area contributed by atoms with Crippen molar-refractivity contribution in [2.45, 2.75) is 18.1 Å². The molecule has 3 N–H and O–H groups in total. The molecule has 174 valence electrons. The fourth-order valence-corrected chi connectivity index (χ4v) is 6.19. The number of aryl methyl sites for hydroxylation is 2. The first-order chi connectivity index (χ1) is 16.2. The minimum atomic E-state index is -4.25. The van der Waals surface area contributed by atoms with Crippen LogP contribution in [0.3, 0.4) is 0 Å². The Morgan fingerprint density at radius 2 is 1.85 bits per heavy atom. The van der Waals surface area contributed by atoms with Crippen LogP contribution in [0.15, 0.2) is 40.9 Å². The predicted molar refractivity (Wildman–Crippen MR) is 121 cm³/mol. The quantitative estimate of drug-likeness (QED) is 0.314. The van der Waals surface area contributed by atoms with Gasteiger partial charge in [0.15, 0.2) is 21.7 Å². The highest BCUT2D eigenvalue weighted by atomic mass is 32.2. The van der Waals surface area contributed by atoms with Crippen molar-refractivity contribution in [3.8, 4) is 22.6 Å². The summed E-state index contributed by atoms with van der Waals surface area (Å²) in [7, 11) is -4.25. The third-order valence-electron chi connectivity index (χ3n) is 5.08. The van der Waals surface area contributed by atoms with E-state index in [-0.39, 0.29) is 21.0 Å². The van der Waals surface area contributed by atoms with E-state index < -0.39 is 38.7 Å². The van der Waals surface area contributed by atoms with Gasteiger partial charge in [-0.1, -0.05) is 6.07 Å². The molecule has 0 amide bonds. The molecule has 0 aliphatic heterocycles. The van der Waals surface area contributed by atoms with Crippen LogP contribution in [0.4, 0.5) is 18.9 Å². The van der Waals surface area contributed by atoms with Crippen LogP contribution < -0.4 is 4.72 Å². The lowest BCUT2D eigenvalue weighted by molar-refractivity contribution is 0.595. The Morgan fingerprint density at radius 3 is 2.53 bits per heavy atom. The molecule has 0 spiro atoms. The second-order valence-electron chi connectivity index (χ2n) is 7.39. The van der Waals surface area contributed by atoms with Crippen molar-refractivity contribution in [3.63, 3.8) is 0 Å². The van der Waals surface area contributed by atoms with E-state index in [1.165, 1.54) is 25.3 Å². The minimum absolute atomic E-state index is 0.0366. The fraction of sp³-hybridized carbons (Fsp3) is 0.0952. The maximum Gasteiger partial charge on any atom is 0.273 e. The van der Waals surface area contributed by atoms with Crippen LogP contribution in [-0.4, -0.2) is 33.6 Å².